The van der Waals surface area contributed by atoms with Crippen molar-refractivity contribution in [2.24, 2.45) is 0 Å². The molecule has 1 amide bonds. The SMILES string of the molecule is CCc1ccc2occ(CC(=O)Nc3cccc(OC)c3)c2c1. The minimum absolute atomic E-state index is 0.0807. The molecule has 3 rings (SSSR count). The lowest BCUT2D eigenvalue weighted by molar-refractivity contribution is -0.115. The zero-order valence-corrected chi connectivity index (χ0v) is 13.3. The van der Waals surface area contributed by atoms with Crippen molar-refractivity contribution in [1.82, 2.24) is 0 Å². The maximum Gasteiger partial charge on any atom is 0.228 e. The van der Waals surface area contributed by atoms with Gasteiger partial charge in [-0.25, -0.2) is 0 Å². The number of aryl methyl sites for hydroxylation is 1. The van der Waals surface area contributed by atoms with Crippen LogP contribution in [0.4, 0.5) is 5.69 Å². The Hall–Kier alpha value is -2.75. The Morgan fingerprint density at radius 3 is 2.87 bits per heavy atom. The van der Waals surface area contributed by atoms with Crippen molar-refractivity contribution in [3.63, 3.8) is 0 Å². The summed E-state index contributed by atoms with van der Waals surface area (Å²) in [4.78, 5) is 12.3. The minimum atomic E-state index is -0.0807. The first-order valence-corrected chi connectivity index (χ1v) is 7.62. The molecular formula is C19H19NO3. The zero-order valence-electron chi connectivity index (χ0n) is 13.3. The zero-order chi connectivity index (χ0) is 16.2. The van der Waals surface area contributed by atoms with Crippen LogP contribution in [0.1, 0.15) is 18.1 Å². The summed E-state index contributed by atoms with van der Waals surface area (Å²) in [5, 5.41) is 3.89. The molecule has 0 spiro atoms. The normalized spacial score (nSPS) is 10.7. The Balaban J connectivity index is 1.77. The Bertz CT molecular complexity index is 836. The summed E-state index contributed by atoms with van der Waals surface area (Å²) in [5.41, 5.74) is 3.66. The predicted octanol–water partition coefficient (Wildman–Crippen LogP) is 4.19. The van der Waals surface area contributed by atoms with Crippen LogP contribution in [-0.2, 0) is 17.6 Å². The van der Waals surface area contributed by atoms with E-state index in [1.807, 2.05) is 30.3 Å². The fourth-order valence-corrected chi connectivity index (χ4v) is 2.56. The first-order valence-electron chi connectivity index (χ1n) is 7.62. The number of fused-ring (bicyclic) bond motifs is 1. The molecule has 4 nitrogen and oxygen atoms in total. The smallest absolute Gasteiger partial charge is 0.228 e. The van der Waals surface area contributed by atoms with Gasteiger partial charge in [-0.05, 0) is 36.2 Å². The fourth-order valence-electron chi connectivity index (χ4n) is 2.56. The molecular weight excluding hydrogens is 290 g/mol. The molecule has 1 heterocycles. The number of amides is 1. The summed E-state index contributed by atoms with van der Waals surface area (Å²) < 4.78 is 10.7. The third-order valence-corrected chi connectivity index (χ3v) is 3.83. The summed E-state index contributed by atoms with van der Waals surface area (Å²) in [5.74, 6) is 0.631. The van der Waals surface area contributed by atoms with Crippen LogP contribution in [0.25, 0.3) is 11.0 Å². The molecule has 0 atom stereocenters. The molecule has 2 aromatic carbocycles. The Morgan fingerprint density at radius 2 is 2.09 bits per heavy atom. The minimum Gasteiger partial charge on any atom is -0.497 e. The largest absolute Gasteiger partial charge is 0.497 e. The monoisotopic (exact) mass is 309 g/mol. The molecule has 4 heteroatoms. The average Bonchev–Trinajstić information content (AvgIpc) is 2.97. The molecule has 0 aliphatic rings. The van der Waals surface area contributed by atoms with Crippen LogP contribution in [0.3, 0.4) is 0 Å². The van der Waals surface area contributed by atoms with Crippen molar-refractivity contribution < 1.29 is 13.9 Å². The Morgan fingerprint density at radius 1 is 1.22 bits per heavy atom. The lowest BCUT2D eigenvalue weighted by Crippen LogP contribution is -2.14. The third-order valence-electron chi connectivity index (χ3n) is 3.83. The molecule has 0 aliphatic carbocycles. The topological polar surface area (TPSA) is 51.5 Å². The number of methoxy groups -OCH3 is 1. The van der Waals surface area contributed by atoms with Gasteiger partial charge in [-0.3, -0.25) is 4.79 Å². The lowest BCUT2D eigenvalue weighted by atomic mass is 10.1. The van der Waals surface area contributed by atoms with Crippen molar-refractivity contribution in [2.45, 2.75) is 19.8 Å². The van der Waals surface area contributed by atoms with Crippen LogP contribution in [0, 0.1) is 0 Å². The predicted molar refractivity (Wildman–Crippen MR) is 90.9 cm³/mol. The average molecular weight is 309 g/mol. The van der Waals surface area contributed by atoms with E-state index >= 15 is 0 Å². The molecule has 0 saturated carbocycles. The number of rotatable bonds is 5. The number of nitrogens with one attached hydrogen (secondary N) is 1. The van der Waals surface area contributed by atoms with Crippen LogP contribution in [-0.4, -0.2) is 13.0 Å². The lowest BCUT2D eigenvalue weighted by Gasteiger charge is -2.06. The van der Waals surface area contributed by atoms with Crippen LogP contribution in [0.2, 0.25) is 0 Å². The van der Waals surface area contributed by atoms with Crippen LogP contribution in [0.15, 0.2) is 53.1 Å². The summed E-state index contributed by atoms with van der Waals surface area (Å²) in [6.07, 6.45) is 2.89. The number of benzene rings is 2. The van der Waals surface area contributed by atoms with Gasteiger partial charge in [0, 0.05) is 22.7 Å². The van der Waals surface area contributed by atoms with Gasteiger partial charge in [-0.1, -0.05) is 19.1 Å². The van der Waals surface area contributed by atoms with Gasteiger partial charge in [0.1, 0.15) is 11.3 Å². The first-order chi connectivity index (χ1) is 11.2. The molecule has 23 heavy (non-hydrogen) atoms. The molecule has 1 aromatic heterocycles. The van der Waals surface area contributed by atoms with Gasteiger partial charge in [0.05, 0.1) is 19.8 Å². The number of hydrogen-bond acceptors (Lipinski definition) is 3. The van der Waals surface area contributed by atoms with Crippen molar-refractivity contribution in [3.8, 4) is 5.75 Å². The van der Waals surface area contributed by atoms with E-state index in [4.69, 9.17) is 9.15 Å². The third kappa shape index (κ3) is 3.37. The van der Waals surface area contributed by atoms with Crippen molar-refractivity contribution in [2.75, 3.05) is 12.4 Å². The summed E-state index contributed by atoms with van der Waals surface area (Å²) >= 11 is 0. The summed E-state index contributed by atoms with van der Waals surface area (Å²) in [6, 6.07) is 13.4. The standard InChI is InChI=1S/C19H19NO3/c1-3-13-7-8-18-17(9-13)14(12-23-18)10-19(21)20-15-5-4-6-16(11-15)22-2/h4-9,11-12H,3,10H2,1-2H3,(H,20,21). The molecule has 3 aromatic rings. The number of ether oxygens (including phenoxy) is 1. The molecule has 0 aliphatic heterocycles. The van der Waals surface area contributed by atoms with E-state index in [1.165, 1.54) is 5.56 Å². The summed E-state index contributed by atoms with van der Waals surface area (Å²) in [7, 11) is 1.60. The highest BCUT2D eigenvalue weighted by atomic mass is 16.5. The van der Waals surface area contributed by atoms with E-state index in [-0.39, 0.29) is 12.3 Å². The molecule has 0 fully saturated rings. The fraction of sp³-hybridized carbons (Fsp3) is 0.211. The van der Waals surface area contributed by atoms with Crippen LogP contribution >= 0.6 is 0 Å². The van der Waals surface area contributed by atoms with Gasteiger partial charge in [-0.15, -0.1) is 0 Å². The number of anilines is 1. The number of carbonyl (C=O) groups is 1. The first kappa shape index (κ1) is 15.2. The number of furan rings is 1. The number of hydrogen-bond donors (Lipinski definition) is 1. The number of carbonyl (C=O) groups excluding carboxylic acids is 1. The van der Waals surface area contributed by atoms with Crippen LogP contribution in [0.5, 0.6) is 5.75 Å². The summed E-state index contributed by atoms with van der Waals surface area (Å²) in [6.45, 7) is 2.11. The van der Waals surface area contributed by atoms with E-state index in [2.05, 4.69) is 18.3 Å². The van der Waals surface area contributed by atoms with E-state index in [9.17, 15) is 4.79 Å². The highest BCUT2D eigenvalue weighted by Gasteiger charge is 2.11. The second-order valence-electron chi connectivity index (χ2n) is 5.40. The maximum atomic E-state index is 12.3. The van der Waals surface area contributed by atoms with E-state index in [1.54, 1.807) is 19.4 Å². The van der Waals surface area contributed by atoms with Crippen LogP contribution < -0.4 is 10.1 Å². The molecule has 0 saturated heterocycles. The van der Waals surface area contributed by atoms with E-state index in [0.29, 0.717) is 5.75 Å². The molecule has 0 unspecified atom stereocenters. The maximum absolute atomic E-state index is 12.3. The van der Waals surface area contributed by atoms with Gasteiger partial charge in [0.2, 0.25) is 5.91 Å². The molecule has 0 bridgehead atoms. The van der Waals surface area contributed by atoms with Crippen molar-refractivity contribution in [3.05, 3.63) is 59.9 Å². The van der Waals surface area contributed by atoms with Gasteiger partial charge < -0.3 is 14.5 Å². The van der Waals surface area contributed by atoms with E-state index in [0.717, 1.165) is 28.6 Å². The Labute approximate surface area is 135 Å². The quantitative estimate of drug-likeness (QED) is 0.769. The second kappa shape index (κ2) is 6.57. The highest BCUT2D eigenvalue weighted by molar-refractivity contribution is 5.95. The van der Waals surface area contributed by atoms with Crippen molar-refractivity contribution in [1.29, 1.82) is 0 Å². The molecule has 1 N–H and O–H groups in total. The van der Waals surface area contributed by atoms with Crippen molar-refractivity contribution >= 4 is 22.6 Å². The van der Waals surface area contributed by atoms with Gasteiger partial charge in [-0.2, -0.15) is 0 Å². The Kier molecular flexibility index (Phi) is 4.33. The molecule has 118 valence electrons. The van der Waals surface area contributed by atoms with Gasteiger partial charge in [0.15, 0.2) is 0 Å². The highest BCUT2D eigenvalue weighted by Crippen LogP contribution is 2.24. The van der Waals surface area contributed by atoms with Gasteiger partial charge >= 0.3 is 0 Å². The van der Waals surface area contributed by atoms with Gasteiger partial charge in [0.25, 0.3) is 0 Å². The van der Waals surface area contributed by atoms with E-state index < -0.39 is 0 Å². The second-order valence-corrected chi connectivity index (χ2v) is 5.40. The molecule has 0 radical (unpaired) electrons.